The minimum absolute atomic E-state index is 0.145. The van der Waals surface area contributed by atoms with Gasteiger partial charge in [-0.15, -0.1) is 0 Å². The summed E-state index contributed by atoms with van der Waals surface area (Å²) in [6, 6.07) is 4.90. The molecule has 1 amide bonds. The average molecular weight is 353 g/mol. The molecule has 1 aliphatic rings. The Bertz CT molecular complexity index is 695. The summed E-state index contributed by atoms with van der Waals surface area (Å²) in [4.78, 5) is 16.7. The molecule has 1 aromatic carbocycles. The molecule has 7 heteroatoms. The van der Waals surface area contributed by atoms with Crippen molar-refractivity contribution in [2.24, 2.45) is 0 Å². The molecule has 0 bridgehead atoms. The standard InChI is InChI=1S/C17H27N3O3S/c1-5-19(4)17(21)15-13-14(24(22,23)18(2)3)9-10-16(15)20-11-7-6-8-12-20/h9-10,13H,5-8,11-12H2,1-4H3. The number of hydrogen-bond acceptors (Lipinski definition) is 4. The molecule has 1 aromatic rings. The van der Waals surface area contributed by atoms with Crippen molar-refractivity contribution < 1.29 is 13.2 Å². The summed E-state index contributed by atoms with van der Waals surface area (Å²) in [6.45, 7) is 4.27. The molecular formula is C17H27N3O3S. The quantitative estimate of drug-likeness (QED) is 0.812. The fourth-order valence-electron chi connectivity index (χ4n) is 2.82. The van der Waals surface area contributed by atoms with E-state index in [1.807, 2.05) is 6.92 Å². The summed E-state index contributed by atoms with van der Waals surface area (Å²) in [5.74, 6) is -0.145. The first-order valence-electron chi connectivity index (χ1n) is 8.36. The summed E-state index contributed by atoms with van der Waals surface area (Å²) in [5.41, 5.74) is 1.29. The van der Waals surface area contributed by atoms with Crippen LogP contribution < -0.4 is 4.90 Å². The van der Waals surface area contributed by atoms with Gasteiger partial charge < -0.3 is 9.80 Å². The van der Waals surface area contributed by atoms with Gasteiger partial charge in [-0.3, -0.25) is 4.79 Å². The number of nitrogens with zero attached hydrogens (tertiary/aromatic N) is 3. The lowest BCUT2D eigenvalue weighted by molar-refractivity contribution is 0.0802. The molecule has 1 saturated heterocycles. The van der Waals surface area contributed by atoms with Gasteiger partial charge in [-0.1, -0.05) is 0 Å². The number of rotatable bonds is 5. The van der Waals surface area contributed by atoms with Crippen molar-refractivity contribution in [1.29, 1.82) is 0 Å². The molecule has 24 heavy (non-hydrogen) atoms. The van der Waals surface area contributed by atoms with Gasteiger partial charge in [0.25, 0.3) is 5.91 Å². The van der Waals surface area contributed by atoms with E-state index >= 15 is 0 Å². The van der Waals surface area contributed by atoms with Crippen LogP contribution in [0.25, 0.3) is 0 Å². The fraction of sp³-hybridized carbons (Fsp3) is 0.588. The summed E-state index contributed by atoms with van der Waals surface area (Å²) < 4.78 is 26.0. The number of benzene rings is 1. The maximum Gasteiger partial charge on any atom is 0.255 e. The zero-order valence-electron chi connectivity index (χ0n) is 14.9. The zero-order valence-corrected chi connectivity index (χ0v) is 15.8. The van der Waals surface area contributed by atoms with Gasteiger partial charge in [0.2, 0.25) is 10.0 Å². The third kappa shape index (κ3) is 3.72. The van der Waals surface area contributed by atoms with E-state index in [9.17, 15) is 13.2 Å². The Morgan fingerprint density at radius 1 is 1.12 bits per heavy atom. The number of hydrogen-bond donors (Lipinski definition) is 0. The number of amides is 1. The predicted molar refractivity (Wildman–Crippen MR) is 96.0 cm³/mol. The van der Waals surface area contributed by atoms with Gasteiger partial charge in [-0.05, 0) is 44.4 Å². The average Bonchev–Trinajstić information content (AvgIpc) is 2.60. The van der Waals surface area contributed by atoms with Crippen LogP contribution in [0.15, 0.2) is 23.1 Å². The van der Waals surface area contributed by atoms with Gasteiger partial charge >= 0.3 is 0 Å². The summed E-state index contributed by atoms with van der Waals surface area (Å²) in [5, 5.41) is 0. The van der Waals surface area contributed by atoms with Crippen LogP contribution >= 0.6 is 0 Å². The van der Waals surface area contributed by atoms with E-state index in [1.54, 1.807) is 24.1 Å². The molecule has 0 saturated carbocycles. The topological polar surface area (TPSA) is 60.9 Å². The highest BCUT2D eigenvalue weighted by atomic mass is 32.2. The molecule has 1 aliphatic heterocycles. The number of sulfonamides is 1. The second kappa shape index (κ2) is 7.53. The molecule has 0 N–H and O–H groups in total. The Labute approximate surface area is 145 Å². The van der Waals surface area contributed by atoms with Crippen molar-refractivity contribution in [3.63, 3.8) is 0 Å². The maximum atomic E-state index is 12.8. The number of carbonyl (C=O) groups is 1. The van der Waals surface area contributed by atoms with Gasteiger partial charge in [0, 0.05) is 46.5 Å². The number of anilines is 1. The lowest BCUT2D eigenvalue weighted by Gasteiger charge is -2.31. The molecule has 1 heterocycles. The molecule has 134 valence electrons. The fourth-order valence-corrected chi connectivity index (χ4v) is 3.75. The normalized spacial score (nSPS) is 15.6. The second-order valence-corrected chi connectivity index (χ2v) is 8.49. The molecule has 0 unspecified atom stereocenters. The molecule has 0 radical (unpaired) electrons. The first-order valence-corrected chi connectivity index (χ1v) is 9.80. The largest absolute Gasteiger partial charge is 0.371 e. The lowest BCUT2D eigenvalue weighted by Crippen LogP contribution is -2.34. The smallest absolute Gasteiger partial charge is 0.255 e. The van der Waals surface area contributed by atoms with Crippen molar-refractivity contribution in [3.05, 3.63) is 23.8 Å². The van der Waals surface area contributed by atoms with E-state index in [0.717, 1.165) is 31.6 Å². The molecule has 2 rings (SSSR count). The van der Waals surface area contributed by atoms with E-state index in [-0.39, 0.29) is 10.8 Å². The van der Waals surface area contributed by atoms with Gasteiger partial charge in [0.15, 0.2) is 0 Å². The minimum Gasteiger partial charge on any atom is -0.371 e. The molecule has 0 spiro atoms. The Morgan fingerprint density at radius 3 is 2.29 bits per heavy atom. The Kier molecular flexibility index (Phi) is 5.87. The number of carbonyl (C=O) groups excluding carboxylic acids is 1. The molecular weight excluding hydrogens is 326 g/mol. The summed E-state index contributed by atoms with van der Waals surface area (Å²) >= 11 is 0. The first kappa shape index (κ1) is 18.7. The molecule has 0 aromatic heterocycles. The first-order chi connectivity index (χ1) is 11.3. The second-order valence-electron chi connectivity index (χ2n) is 6.33. The Hall–Kier alpha value is -1.60. The van der Waals surface area contributed by atoms with E-state index in [4.69, 9.17) is 0 Å². The molecule has 1 fully saturated rings. The zero-order chi connectivity index (χ0) is 17.9. The highest BCUT2D eigenvalue weighted by molar-refractivity contribution is 7.89. The highest BCUT2D eigenvalue weighted by Crippen LogP contribution is 2.28. The van der Waals surface area contributed by atoms with Crippen molar-refractivity contribution in [2.75, 3.05) is 45.7 Å². The Morgan fingerprint density at radius 2 is 1.75 bits per heavy atom. The van der Waals surface area contributed by atoms with Crippen LogP contribution in [0.2, 0.25) is 0 Å². The van der Waals surface area contributed by atoms with E-state index in [0.29, 0.717) is 12.1 Å². The van der Waals surface area contributed by atoms with Crippen molar-refractivity contribution >= 4 is 21.6 Å². The van der Waals surface area contributed by atoms with Crippen molar-refractivity contribution in [1.82, 2.24) is 9.21 Å². The van der Waals surface area contributed by atoms with Crippen molar-refractivity contribution in [3.8, 4) is 0 Å². The van der Waals surface area contributed by atoms with Crippen LogP contribution in [0.4, 0.5) is 5.69 Å². The molecule has 6 nitrogen and oxygen atoms in total. The van der Waals surface area contributed by atoms with Crippen molar-refractivity contribution in [2.45, 2.75) is 31.1 Å². The van der Waals surface area contributed by atoms with Crippen LogP contribution in [0.1, 0.15) is 36.5 Å². The Balaban J connectivity index is 2.53. The van der Waals surface area contributed by atoms with E-state index < -0.39 is 10.0 Å². The SMILES string of the molecule is CCN(C)C(=O)c1cc(S(=O)(=O)N(C)C)ccc1N1CCCCC1. The molecule has 0 atom stereocenters. The predicted octanol–water partition coefficient (Wildman–Crippen LogP) is 2.02. The van der Waals surface area contributed by atoms with Crippen LogP contribution in [0.3, 0.4) is 0 Å². The van der Waals surface area contributed by atoms with Crippen LogP contribution in [0, 0.1) is 0 Å². The number of piperidine rings is 1. The third-order valence-electron chi connectivity index (χ3n) is 4.49. The lowest BCUT2D eigenvalue weighted by atomic mass is 10.1. The van der Waals surface area contributed by atoms with Gasteiger partial charge in [-0.2, -0.15) is 0 Å². The highest BCUT2D eigenvalue weighted by Gasteiger charge is 2.25. The van der Waals surface area contributed by atoms with Crippen LogP contribution in [-0.4, -0.2) is 64.3 Å². The summed E-state index contributed by atoms with van der Waals surface area (Å²) in [7, 11) is 1.15. The van der Waals surface area contributed by atoms with E-state index in [1.165, 1.54) is 30.9 Å². The maximum absolute atomic E-state index is 12.8. The minimum atomic E-state index is -3.57. The van der Waals surface area contributed by atoms with Crippen LogP contribution in [-0.2, 0) is 10.0 Å². The van der Waals surface area contributed by atoms with Gasteiger partial charge in [-0.25, -0.2) is 12.7 Å². The monoisotopic (exact) mass is 353 g/mol. The van der Waals surface area contributed by atoms with Crippen LogP contribution in [0.5, 0.6) is 0 Å². The van der Waals surface area contributed by atoms with Gasteiger partial charge in [0.05, 0.1) is 10.5 Å². The van der Waals surface area contributed by atoms with E-state index in [2.05, 4.69) is 4.90 Å². The summed E-state index contributed by atoms with van der Waals surface area (Å²) in [6.07, 6.45) is 3.38. The third-order valence-corrected chi connectivity index (χ3v) is 6.31. The van der Waals surface area contributed by atoms with Gasteiger partial charge in [0.1, 0.15) is 0 Å². The molecule has 0 aliphatic carbocycles.